The average Bonchev–Trinajstić information content (AvgIpc) is 2.40. The van der Waals surface area contributed by atoms with Gasteiger partial charge in [-0.1, -0.05) is 23.7 Å². The number of hydrogen-bond acceptors (Lipinski definition) is 3. The van der Waals surface area contributed by atoms with E-state index in [4.69, 9.17) is 16.3 Å². The molecule has 0 aliphatic heterocycles. The zero-order chi connectivity index (χ0) is 13.0. The lowest BCUT2D eigenvalue weighted by atomic mass is 10.2. The van der Waals surface area contributed by atoms with Gasteiger partial charge in [-0.3, -0.25) is 0 Å². The number of halogens is 1. The zero-order valence-corrected chi connectivity index (χ0v) is 11.2. The Kier molecular flexibility index (Phi) is 4.05. The topological polar surface area (TPSA) is 34.1 Å². The molecule has 94 valence electrons. The molecule has 2 aromatic rings. The highest BCUT2D eigenvalue weighted by Gasteiger charge is 2.04. The van der Waals surface area contributed by atoms with Gasteiger partial charge in [0.25, 0.3) is 0 Å². The van der Waals surface area contributed by atoms with Crippen molar-refractivity contribution < 1.29 is 4.74 Å². The number of benzene rings is 1. The summed E-state index contributed by atoms with van der Waals surface area (Å²) in [4.78, 5) is 4.16. The Bertz CT molecular complexity index is 543. The van der Waals surface area contributed by atoms with Crippen LogP contribution in [0.2, 0.25) is 5.02 Å². The molecule has 0 spiro atoms. The number of rotatable bonds is 4. The minimum atomic E-state index is 0.643. The maximum atomic E-state index is 5.98. The third-order valence-electron chi connectivity index (χ3n) is 2.71. The quantitative estimate of drug-likeness (QED) is 0.913. The van der Waals surface area contributed by atoms with Gasteiger partial charge in [0.2, 0.25) is 5.88 Å². The molecule has 0 aliphatic carbocycles. The van der Waals surface area contributed by atoms with Gasteiger partial charge in [-0.25, -0.2) is 4.98 Å². The molecule has 18 heavy (non-hydrogen) atoms. The van der Waals surface area contributed by atoms with Gasteiger partial charge in [0.15, 0.2) is 0 Å². The second-order valence-corrected chi connectivity index (χ2v) is 4.42. The number of pyridine rings is 1. The highest BCUT2D eigenvalue weighted by Crippen LogP contribution is 2.22. The van der Waals surface area contributed by atoms with Gasteiger partial charge in [0.05, 0.1) is 7.11 Å². The van der Waals surface area contributed by atoms with Crippen molar-refractivity contribution in [3.05, 3.63) is 52.7 Å². The molecule has 1 heterocycles. The summed E-state index contributed by atoms with van der Waals surface area (Å²) in [6.07, 6.45) is 1.72. The third-order valence-corrected chi connectivity index (χ3v) is 2.95. The van der Waals surface area contributed by atoms with Crippen molar-refractivity contribution in [2.45, 2.75) is 13.5 Å². The monoisotopic (exact) mass is 262 g/mol. The van der Waals surface area contributed by atoms with Crippen molar-refractivity contribution >= 4 is 17.3 Å². The molecular formula is C14H15ClN2O. The van der Waals surface area contributed by atoms with Gasteiger partial charge in [0.1, 0.15) is 0 Å². The normalized spacial score (nSPS) is 10.2. The summed E-state index contributed by atoms with van der Waals surface area (Å²) in [5.74, 6) is 0.643. The van der Waals surface area contributed by atoms with E-state index in [2.05, 4.69) is 10.3 Å². The van der Waals surface area contributed by atoms with E-state index < -0.39 is 0 Å². The number of methoxy groups -OCH3 is 1. The van der Waals surface area contributed by atoms with Gasteiger partial charge in [-0.15, -0.1) is 0 Å². The van der Waals surface area contributed by atoms with Crippen LogP contribution in [0.3, 0.4) is 0 Å². The summed E-state index contributed by atoms with van der Waals surface area (Å²) < 4.78 is 5.21. The first-order chi connectivity index (χ1) is 8.70. The van der Waals surface area contributed by atoms with Crippen LogP contribution in [0.4, 0.5) is 5.69 Å². The Balaban J connectivity index is 2.14. The molecule has 1 aromatic heterocycles. The van der Waals surface area contributed by atoms with Gasteiger partial charge < -0.3 is 10.1 Å². The smallest absolute Gasteiger partial charge is 0.218 e. The van der Waals surface area contributed by atoms with Crippen molar-refractivity contribution in [3.8, 4) is 5.88 Å². The second-order valence-electron chi connectivity index (χ2n) is 3.98. The van der Waals surface area contributed by atoms with E-state index in [0.717, 1.165) is 21.8 Å². The van der Waals surface area contributed by atoms with E-state index in [1.165, 1.54) is 0 Å². The number of aryl methyl sites for hydroxylation is 1. The first-order valence-corrected chi connectivity index (χ1v) is 6.06. The fourth-order valence-electron chi connectivity index (χ4n) is 1.72. The Morgan fingerprint density at radius 3 is 2.94 bits per heavy atom. The van der Waals surface area contributed by atoms with E-state index >= 15 is 0 Å². The highest BCUT2D eigenvalue weighted by atomic mass is 35.5. The molecule has 0 unspecified atom stereocenters. The molecule has 1 aromatic carbocycles. The van der Waals surface area contributed by atoms with Crippen LogP contribution in [0, 0.1) is 6.92 Å². The van der Waals surface area contributed by atoms with Crippen LogP contribution in [0.25, 0.3) is 0 Å². The summed E-state index contributed by atoms with van der Waals surface area (Å²) in [5.41, 5.74) is 3.19. The Morgan fingerprint density at radius 2 is 2.17 bits per heavy atom. The van der Waals surface area contributed by atoms with Crippen LogP contribution in [0.15, 0.2) is 36.5 Å². The lowest BCUT2D eigenvalue weighted by Gasteiger charge is -2.11. The molecule has 0 aliphatic rings. The molecule has 0 amide bonds. The first-order valence-electron chi connectivity index (χ1n) is 5.68. The van der Waals surface area contributed by atoms with E-state index in [-0.39, 0.29) is 0 Å². The molecule has 3 nitrogen and oxygen atoms in total. The molecule has 0 saturated carbocycles. The molecule has 0 saturated heterocycles. The van der Waals surface area contributed by atoms with Gasteiger partial charge in [-0.05, 0) is 30.7 Å². The standard InChI is InChI=1S/C14H15ClN2O/c1-10-5-6-12(15)8-13(10)17-9-11-4-3-7-16-14(11)18-2/h3-8,17H,9H2,1-2H3. The molecule has 1 N–H and O–H groups in total. The van der Waals surface area contributed by atoms with Gasteiger partial charge >= 0.3 is 0 Å². The lowest BCUT2D eigenvalue weighted by molar-refractivity contribution is 0.393. The van der Waals surface area contributed by atoms with E-state index in [1.54, 1.807) is 13.3 Å². The fourth-order valence-corrected chi connectivity index (χ4v) is 1.89. The van der Waals surface area contributed by atoms with Gasteiger partial charge in [0, 0.05) is 29.0 Å². The number of aromatic nitrogens is 1. The minimum Gasteiger partial charge on any atom is -0.481 e. The van der Waals surface area contributed by atoms with Crippen LogP contribution >= 0.6 is 11.6 Å². The molecule has 0 radical (unpaired) electrons. The first kappa shape index (κ1) is 12.7. The number of anilines is 1. The summed E-state index contributed by atoms with van der Waals surface area (Å²) in [5, 5.41) is 4.06. The molecule has 2 rings (SSSR count). The summed E-state index contributed by atoms with van der Waals surface area (Å²) in [7, 11) is 1.62. The maximum Gasteiger partial charge on any atom is 0.218 e. The van der Waals surface area contributed by atoms with Crippen LogP contribution in [0.1, 0.15) is 11.1 Å². The number of hydrogen-bond donors (Lipinski definition) is 1. The van der Waals surface area contributed by atoms with E-state index in [0.29, 0.717) is 12.4 Å². The molecule has 0 fully saturated rings. The summed E-state index contributed by atoms with van der Waals surface area (Å²) >= 11 is 5.98. The molecule has 0 bridgehead atoms. The van der Waals surface area contributed by atoms with E-state index in [1.807, 2.05) is 37.3 Å². The van der Waals surface area contributed by atoms with Crippen LogP contribution in [-0.2, 0) is 6.54 Å². The van der Waals surface area contributed by atoms with E-state index in [9.17, 15) is 0 Å². The van der Waals surface area contributed by atoms with Crippen LogP contribution < -0.4 is 10.1 Å². The largest absolute Gasteiger partial charge is 0.481 e. The lowest BCUT2D eigenvalue weighted by Crippen LogP contribution is -2.03. The molecule has 4 heteroatoms. The SMILES string of the molecule is COc1ncccc1CNc1cc(Cl)ccc1C. The predicted octanol–water partition coefficient (Wildman–Crippen LogP) is 3.66. The molecular weight excluding hydrogens is 248 g/mol. The maximum absolute atomic E-state index is 5.98. The average molecular weight is 263 g/mol. The van der Waals surface area contributed by atoms with Crippen molar-refractivity contribution in [3.63, 3.8) is 0 Å². The second kappa shape index (κ2) is 5.74. The fraction of sp³-hybridized carbons (Fsp3) is 0.214. The van der Waals surface area contributed by atoms with Crippen molar-refractivity contribution in [2.24, 2.45) is 0 Å². The van der Waals surface area contributed by atoms with Crippen LogP contribution in [0.5, 0.6) is 5.88 Å². The Morgan fingerprint density at radius 1 is 1.33 bits per heavy atom. The number of nitrogens with one attached hydrogen (secondary N) is 1. The Hall–Kier alpha value is -1.74. The van der Waals surface area contributed by atoms with Crippen molar-refractivity contribution in [2.75, 3.05) is 12.4 Å². The minimum absolute atomic E-state index is 0.643. The zero-order valence-electron chi connectivity index (χ0n) is 10.4. The summed E-state index contributed by atoms with van der Waals surface area (Å²) in [6.45, 7) is 2.69. The van der Waals surface area contributed by atoms with Gasteiger partial charge in [-0.2, -0.15) is 0 Å². The van der Waals surface area contributed by atoms with Crippen LogP contribution in [-0.4, -0.2) is 12.1 Å². The predicted molar refractivity (Wildman–Crippen MR) is 74.3 cm³/mol. The number of nitrogens with zero attached hydrogens (tertiary/aromatic N) is 1. The molecule has 0 atom stereocenters. The highest BCUT2D eigenvalue weighted by molar-refractivity contribution is 6.30. The summed E-state index contributed by atoms with van der Waals surface area (Å²) in [6, 6.07) is 9.67. The van der Waals surface area contributed by atoms with Crippen molar-refractivity contribution in [1.29, 1.82) is 0 Å². The third kappa shape index (κ3) is 2.93. The number of ether oxygens (including phenoxy) is 1. The van der Waals surface area contributed by atoms with Crippen molar-refractivity contribution in [1.82, 2.24) is 4.98 Å². The Labute approximate surface area is 112 Å².